The molecule has 0 unspecified atom stereocenters. The van der Waals surface area contributed by atoms with Gasteiger partial charge in [0.1, 0.15) is 5.52 Å². The molecule has 0 amide bonds. The van der Waals surface area contributed by atoms with Crippen LogP contribution in [0.1, 0.15) is 43.2 Å². The highest BCUT2D eigenvalue weighted by Crippen LogP contribution is 2.35. The Balaban J connectivity index is 1.66. The van der Waals surface area contributed by atoms with Gasteiger partial charge in [-0.1, -0.05) is 19.3 Å². The number of nitrogens with zero attached hydrogens (tertiary/aromatic N) is 2. The number of rotatable bonds is 2. The summed E-state index contributed by atoms with van der Waals surface area (Å²) in [7, 11) is 0. The van der Waals surface area contributed by atoms with Crippen LogP contribution in [-0.4, -0.2) is 15.0 Å². The van der Waals surface area contributed by atoms with E-state index in [1.54, 1.807) is 18.0 Å². The van der Waals surface area contributed by atoms with E-state index in [-0.39, 0.29) is 0 Å². The van der Waals surface area contributed by atoms with Crippen molar-refractivity contribution in [3.05, 3.63) is 35.5 Å². The van der Waals surface area contributed by atoms with Gasteiger partial charge >= 0.3 is 0 Å². The second-order valence-electron chi connectivity index (χ2n) is 6.66. The molecule has 0 fully saturated rings. The van der Waals surface area contributed by atoms with Crippen molar-refractivity contribution in [3.63, 3.8) is 0 Å². The lowest BCUT2D eigenvalue weighted by Gasteiger charge is -2.12. The molecule has 0 saturated heterocycles. The number of pyridine rings is 1. The maximum absolute atomic E-state index is 6.35. The number of nitrogens with one attached hydrogen (secondary N) is 1. The van der Waals surface area contributed by atoms with Crippen LogP contribution in [0.4, 0.5) is 11.5 Å². The monoisotopic (exact) mass is 353 g/mol. The molecule has 0 radical (unpaired) electrons. The lowest BCUT2D eigenvalue weighted by molar-refractivity contribution is 0.629. The van der Waals surface area contributed by atoms with Crippen molar-refractivity contribution >= 4 is 34.3 Å². The summed E-state index contributed by atoms with van der Waals surface area (Å²) >= 11 is 1.56. The Kier molecular flexibility index (Phi) is 4.53. The Morgan fingerprint density at radius 1 is 0.960 bits per heavy atom. The molecule has 3 aromatic rings. The van der Waals surface area contributed by atoms with Crippen LogP contribution < -0.4 is 11.5 Å². The Morgan fingerprint density at radius 2 is 1.68 bits per heavy atom. The number of benzene rings is 1. The fourth-order valence-corrected chi connectivity index (χ4v) is 4.37. The van der Waals surface area contributed by atoms with Crippen molar-refractivity contribution in [3.8, 4) is 0 Å². The van der Waals surface area contributed by atoms with E-state index in [9.17, 15) is 0 Å². The van der Waals surface area contributed by atoms with Crippen molar-refractivity contribution in [1.29, 1.82) is 0 Å². The van der Waals surface area contributed by atoms with Gasteiger partial charge in [-0.25, -0.2) is 9.97 Å². The van der Waals surface area contributed by atoms with Crippen LogP contribution in [0.25, 0.3) is 11.0 Å². The minimum atomic E-state index is 0.447. The molecule has 2 heterocycles. The quantitative estimate of drug-likeness (QED) is 0.596. The van der Waals surface area contributed by atoms with E-state index in [1.807, 2.05) is 6.07 Å². The number of anilines is 2. The van der Waals surface area contributed by atoms with E-state index in [0.717, 1.165) is 34.1 Å². The molecule has 1 aliphatic carbocycles. The fourth-order valence-electron chi connectivity index (χ4n) is 3.49. The number of hydrogen-bond acceptors (Lipinski definition) is 5. The van der Waals surface area contributed by atoms with Gasteiger partial charge in [-0.05, 0) is 66.8 Å². The SMILES string of the molecule is Nc1cc2c(cc1Sc1nc3c(N)nccc3[nH]1)CCCCCCC2. The first-order chi connectivity index (χ1) is 12.2. The lowest BCUT2D eigenvalue weighted by atomic mass is 9.99. The number of hydrogen-bond donors (Lipinski definition) is 3. The molecule has 5 N–H and O–H groups in total. The van der Waals surface area contributed by atoms with Crippen molar-refractivity contribution in [1.82, 2.24) is 15.0 Å². The van der Waals surface area contributed by atoms with Crippen molar-refractivity contribution in [2.45, 2.75) is 55.0 Å². The van der Waals surface area contributed by atoms with Crippen LogP contribution in [0.3, 0.4) is 0 Å². The van der Waals surface area contributed by atoms with Gasteiger partial charge in [-0.3, -0.25) is 0 Å². The summed E-state index contributed by atoms with van der Waals surface area (Å²) in [6.07, 6.45) is 10.5. The number of H-pyrrole nitrogens is 1. The van der Waals surface area contributed by atoms with Gasteiger partial charge in [-0.2, -0.15) is 0 Å². The number of fused-ring (bicyclic) bond motifs is 2. The van der Waals surface area contributed by atoms with Crippen LogP contribution in [0, 0.1) is 0 Å². The summed E-state index contributed by atoms with van der Waals surface area (Å²) in [5.74, 6) is 0.447. The van der Waals surface area contributed by atoms with Crippen molar-refractivity contribution in [2.75, 3.05) is 11.5 Å². The summed E-state index contributed by atoms with van der Waals surface area (Å²) < 4.78 is 0. The third-order valence-corrected chi connectivity index (χ3v) is 5.80. The summed E-state index contributed by atoms with van der Waals surface area (Å²) in [6.45, 7) is 0. The smallest absolute Gasteiger partial charge is 0.171 e. The molecule has 0 atom stereocenters. The molecule has 0 bridgehead atoms. The molecular formula is C19H23N5S. The molecule has 2 aromatic heterocycles. The molecule has 4 rings (SSSR count). The van der Waals surface area contributed by atoms with Crippen molar-refractivity contribution in [2.24, 2.45) is 0 Å². The Labute approximate surface area is 151 Å². The zero-order valence-corrected chi connectivity index (χ0v) is 15.0. The summed E-state index contributed by atoms with van der Waals surface area (Å²) in [5.41, 5.74) is 17.6. The van der Waals surface area contributed by atoms with Crippen LogP contribution in [-0.2, 0) is 12.8 Å². The molecule has 130 valence electrons. The molecule has 0 aliphatic heterocycles. The predicted octanol–water partition coefficient (Wildman–Crippen LogP) is 4.32. The minimum absolute atomic E-state index is 0.447. The molecule has 1 aliphatic rings. The highest BCUT2D eigenvalue weighted by atomic mass is 32.2. The zero-order valence-electron chi connectivity index (χ0n) is 14.2. The fraction of sp³-hybridized carbons (Fsp3) is 0.368. The maximum Gasteiger partial charge on any atom is 0.171 e. The van der Waals surface area contributed by atoms with E-state index >= 15 is 0 Å². The highest BCUT2D eigenvalue weighted by Gasteiger charge is 2.13. The van der Waals surface area contributed by atoms with Crippen LogP contribution in [0.15, 0.2) is 34.4 Å². The molecule has 5 nitrogen and oxygen atoms in total. The first kappa shape index (κ1) is 16.3. The first-order valence-electron chi connectivity index (χ1n) is 8.90. The van der Waals surface area contributed by atoms with E-state index < -0.39 is 0 Å². The van der Waals surface area contributed by atoms with E-state index in [4.69, 9.17) is 11.5 Å². The predicted molar refractivity (Wildman–Crippen MR) is 104 cm³/mol. The Hall–Kier alpha value is -2.21. The van der Waals surface area contributed by atoms with Gasteiger partial charge in [0.05, 0.1) is 5.52 Å². The normalized spacial score (nSPS) is 15.4. The number of nitrogen functional groups attached to an aromatic ring is 2. The van der Waals surface area contributed by atoms with E-state index in [1.165, 1.54) is 43.2 Å². The standard InChI is InChI=1S/C19H23N5S/c20-14-10-12-6-4-2-1-3-5-7-13(12)11-16(14)25-19-23-15-8-9-22-18(21)17(15)24-19/h8-11H,1-7,20H2,(H2,21,22)(H,23,24). The lowest BCUT2D eigenvalue weighted by Crippen LogP contribution is -1.99. The van der Waals surface area contributed by atoms with Gasteiger partial charge in [0.2, 0.25) is 0 Å². The Morgan fingerprint density at radius 3 is 2.44 bits per heavy atom. The minimum Gasteiger partial charge on any atom is -0.398 e. The van der Waals surface area contributed by atoms with Crippen LogP contribution in [0.2, 0.25) is 0 Å². The third-order valence-electron chi connectivity index (χ3n) is 4.84. The number of imidazole rings is 1. The number of aromatic amines is 1. The topological polar surface area (TPSA) is 93.6 Å². The molecule has 25 heavy (non-hydrogen) atoms. The van der Waals surface area contributed by atoms with Crippen LogP contribution in [0.5, 0.6) is 0 Å². The largest absolute Gasteiger partial charge is 0.398 e. The van der Waals surface area contributed by atoms with E-state index in [2.05, 4.69) is 27.1 Å². The zero-order chi connectivity index (χ0) is 17.2. The molecule has 6 heteroatoms. The number of nitrogens with two attached hydrogens (primary N) is 2. The highest BCUT2D eigenvalue weighted by molar-refractivity contribution is 7.99. The number of aromatic nitrogens is 3. The summed E-state index contributed by atoms with van der Waals surface area (Å²) in [6, 6.07) is 6.31. The Bertz CT molecular complexity index is 902. The van der Waals surface area contributed by atoms with Gasteiger partial charge in [0.15, 0.2) is 11.0 Å². The first-order valence-corrected chi connectivity index (χ1v) is 9.71. The van der Waals surface area contributed by atoms with Gasteiger partial charge < -0.3 is 16.5 Å². The van der Waals surface area contributed by atoms with Gasteiger partial charge in [-0.15, -0.1) is 0 Å². The summed E-state index contributed by atoms with van der Waals surface area (Å²) in [5, 5.41) is 0.796. The van der Waals surface area contributed by atoms with E-state index in [0.29, 0.717) is 11.3 Å². The third kappa shape index (κ3) is 3.44. The average molecular weight is 353 g/mol. The second-order valence-corrected chi connectivity index (χ2v) is 7.69. The molecular weight excluding hydrogens is 330 g/mol. The molecule has 1 aromatic carbocycles. The molecule has 0 spiro atoms. The van der Waals surface area contributed by atoms with Gasteiger partial charge in [0.25, 0.3) is 0 Å². The second kappa shape index (κ2) is 6.96. The molecule has 0 saturated carbocycles. The number of aryl methyl sites for hydroxylation is 2. The van der Waals surface area contributed by atoms with Crippen LogP contribution >= 0.6 is 11.8 Å². The average Bonchev–Trinajstić information content (AvgIpc) is 3.04. The maximum atomic E-state index is 6.35. The van der Waals surface area contributed by atoms with Gasteiger partial charge in [0, 0.05) is 16.8 Å². The summed E-state index contributed by atoms with van der Waals surface area (Å²) in [4.78, 5) is 13.0. The van der Waals surface area contributed by atoms with Crippen molar-refractivity contribution < 1.29 is 0 Å².